The molecule has 0 bridgehead atoms. The summed E-state index contributed by atoms with van der Waals surface area (Å²) in [6, 6.07) is 11.9. The molecule has 0 aromatic heterocycles. The van der Waals surface area contributed by atoms with E-state index in [1.165, 1.54) is 0 Å². The molecular formula is C28H41F3N2O2. The zero-order valence-electron chi connectivity index (χ0n) is 21.7. The summed E-state index contributed by atoms with van der Waals surface area (Å²) in [5.74, 6) is 0.857. The quantitative estimate of drug-likeness (QED) is 0.441. The number of benzene rings is 2. The van der Waals surface area contributed by atoms with Crippen LogP contribution < -0.4 is 4.74 Å². The van der Waals surface area contributed by atoms with Gasteiger partial charge in [-0.2, -0.15) is 13.2 Å². The van der Waals surface area contributed by atoms with E-state index in [1.807, 2.05) is 64.1 Å². The SMILES string of the molecule is CC.CC.COc1ccc2cc(C(=N)C3CCCN(C4CCC(O)(C(F)(F)F)CC4)C3)ccc2c1. The molecule has 2 N–H and O–H groups in total. The van der Waals surface area contributed by atoms with Crippen LogP contribution in [0.5, 0.6) is 5.75 Å². The van der Waals surface area contributed by atoms with E-state index >= 15 is 0 Å². The molecular weight excluding hydrogens is 453 g/mol. The summed E-state index contributed by atoms with van der Waals surface area (Å²) in [5.41, 5.74) is -1.07. The fourth-order valence-electron chi connectivity index (χ4n) is 5.06. The van der Waals surface area contributed by atoms with Crippen molar-refractivity contribution in [3.63, 3.8) is 0 Å². The number of alkyl halides is 3. The Morgan fingerprint density at radius 3 is 2.20 bits per heavy atom. The van der Waals surface area contributed by atoms with Crippen LogP contribution in [0.3, 0.4) is 0 Å². The molecule has 1 aliphatic heterocycles. The van der Waals surface area contributed by atoms with Crippen LogP contribution in [0.25, 0.3) is 10.8 Å². The molecule has 0 spiro atoms. The Hall–Kier alpha value is -2.12. The van der Waals surface area contributed by atoms with Gasteiger partial charge in [-0.25, -0.2) is 0 Å². The van der Waals surface area contributed by atoms with E-state index in [9.17, 15) is 18.3 Å². The van der Waals surface area contributed by atoms with Crippen molar-refractivity contribution in [1.29, 1.82) is 5.41 Å². The first-order valence-electron chi connectivity index (χ1n) is 12.9. The molecule has 1 saturated carbocycles. The van der Waals surface area contributed by atoms with Crippen LogP contribution in [0, 0.1) is 11.3 Å². The first kappa shape index (κ1) is 29.1. The highest BCUT2D eigenvalue weighted by Crippen LogP contribution is 2.43. The average molecular weight is 495 g/mol. The van der Waals surface area contributed by atoms with Crippen LogP contribution in [0.1, 0.15) is 71.8 Å². The fourth-order valence-corrected chi connectivity index (χ4v) is 5.06. The lowest BCUT2D eigenvalue weighted by Crippen LogP contribution is -2.53. The molecule has 4 nitrogen and oxygen atoms in total. The van der Waals surface area contributed by atoms with Crippen molar-refractivity contribution in [3.05, 3.63) is 42.0 Å². The van der Waals surface area contributed by atoms with Gasteiger partial charge in [0.1, 0.15) is 5.75 Å². The molecule has 7 heteroatoms. The number of nitrogens with one attached hydrogen (secondary N) is 1. The van der Waals surface area contributed by atoms with Crippen LogP contribution in [0.4, 0.5) is 13.2 Å². The van der Waals surface area contributed by atoms with E-state index in [2.05, 4.69) is 4.90 Å². The number of likely N-dealkylation sites (tertiary alicyclic amines) is 1. The van der Waals surface area contributed by atoms with E-state index in [0.29, 0.717) is 25.1 Å². The van der Waals surface area contributed by atoms with E-state index in [-0.39, 0.29) is 24.8 Å². The van der Waals surface area contributed by atoms with Gasteiger partial charge in [0.25, 0.3) is 0 Å². The van der Waals surface area contributed by atoms with Gasteiger partial charge in [-0.05, 0) is 79.6 Å². The van der Waals surface area contributed by atoms with E-state index < -0.39 is 11.8 Å². The zero-order valence-corrected chi connectivity index (χ0v) is 21.7. The van der Waals surface area contributed by atoms with Gasteiger partial charge in [0.2, 0.25) is 0 Å². The van der Waals surface area contributed by atoms with Crippen molar-refractivity contribution >= 4 is 16.5 Å². The normalized spacial score (nSPS) is 25.1. The third kappa shape index (κ3) is 6.76. The van der Waals surface area contributed by atoms with E-state index in [4.69, 9.17) is 10.1 Å². The molecule has 1 aliphatic carbocycles. The summed E-state index contributed by atoms with van der Waals surface area (Å²) in [6.45, 7) is 9.53. The standard InChI is InChI=1S/C24H29F3N2O2.2C2H6/c1-31-21-7-6-16-13-18(5-4-17(16)14-21)22(28)19-3-2-12-29(15-19)20-8-10-23(30,11-9-20)24(25,26)27;2*1-2/h4-7,13-14,19-20,28,30H,2-3,8-12,15H2,1H3;2*1-2H3. The molecule has 196 valence electrons. The Morgan fingerprint density at radius 1 is 1.00 bits per heavy atom. The van der Waals surface area contributed by atoms with Gasteiger partial charge in [-0.3, -0.25) is 4.90 Å². The number of piperidine rings is 1. The average Bonchev–Trinajstić information content (AvgIpc) is 2.90. The maximum atomic E-state index is 13.1. The van der Waals surface area contributed by atoms with Crippen molar-refractivity contribution in [3.8, 4) is 5.75 Å². The molecule has 1 unspecified atom stereocenters. The maximum absolute atomic E-state index is 13.1. The molecule has 0 amide bonds. The number of hydrogen-bond acceptors (Lipinski definition) is 4. The summed E-state index contributed by atoms with van der Waals surface area (Å²) in [5, 5.41) is 20.8. The highest BCUT2D eigenvalue weighted by atomic mass is 19.4. The Balaban J connectivity index is 0.00000103. The molecule has 1 atom stereocenters. The van der Waals surface area contributed by atoms with Crippen LogP contribution in [0.2, 0.25) is 0 Å². The second-order valence-electron chi connectivity index (χ2n) is 8.94. The number of methoxy groups -OCH3 is 1. The molecule has 2 aliphatic rings. The van der Waals surface area contributed by atoms with Gasteiger partial charge in [0, 0.05) is 24.2 Å². The topological polar surface area (TPSA) is 56.5 Å². The van der Waals surface area contributed by atoms with Crippen molar-refractivity contribution < 1.29 is 23.0 Å². The number of aliphatic hydroxyl groups is 1. The molecule has 4 rings (SSSR count). The van der Waals surface area contributed by atoms with Gasteiger partial charge in [-0.15, -0.1) is 0 Å². The number of rotatable bonds is 4. The summed E-state index contributed by atoms with van der Waals surface area (Å²) in [7, 11) is 1.63. The summed E-state index contributed by atoms with van der Waals surface area (Å²) in [6.07, 6.45) is -2.53. The summed E-state index contributed by atoms with van der Waals surface area (Å²) in [4.78, 5) is 2.24. The Kier molecular flexibility index (Phi) is 10.6. The number of ether oxygens (including phenoxy) is 1. The van der Waals surface area contributed by atoms with Gasteiger partial charge in [-0.1, -0.05) is 45.9 Å². The minimum absolute atomic E-state index is 0.0438. The molecule has 2 fully saturated rings. The second-order valence-corrected chi connectivity index (χ2v) is 8.94. The number of halogens is 3. The number of hydrogen-bond donors (Lipinski definition) is 2. The largest absolute Gasteiger partial charge is 0.497 e. The number of nitrogens with zero attached hydrogens (tertiary/aromatic N) is 1. The fraction of sp³-hybridized carbons (Fsp3) is 0.607. The molecule has 1 saturated heterocycles. The second kappa shape index (κ2) is 12.7. The summed E-state index contributed by atoms with van der Waals surface area (Å²) < 4.78 is 44.6. The van der Waals surface area contributed by atoms with Gasteiger partial charge in [0.15, 0.2) is 5.60 Å². The number of fused-ring (bicyclic) bond motifs is 1. The minimum atomic E-state index is -4.56. The molecule has 35 heavy (non-hydrogen) atoms. The van der Waals surface area contributed by atoms with Crippen LogP contribution in [0.15, 0.2) is 36.4 Å². The first-order chi connectivity index (χ1) is 16.7. The van der Waals surface area contributed by atoms with Crippen molar-refractivity contribution in [1.82, 2.24) is 4.90 Å². The minimum Gasteiger partial charge on any atom is -0.497 e. The smallest absolute Gasteiger partial charge is 0.417 e. The lowest BCUT2D eigenvalue weighted by molar-refractivity contribution is -0.272. The van der Waals surface area contributed by atoms with Crippen LogP contribution >= 0.6 is 0 Å². The van der Waals surface area contributed by atoms with Crippen molar-refractivity contribution in [2.75, 3.05) is 20.2 Å². The highest BCUT2D eigenvalue weighted by molar-refractivity contribution is 6.03. The summed E-state index contributed by atoms with van der Waals surface area (Å²) >= 11 is 0. The molecule has 0 radical (unpaired) electrons. The van der Waals surface area contributed by atoms with Crippen LogP contribution in [-0.2, 0) is 0 Å². The molecule has 2 aromatic rings. The van der Waals surface area contributed by atoms with Gasteiger partial charge < -0.3 is 15.3 Å². The van der Waals surface area contributed by atoms with Gasteiger partial charge >= 0.3 is 6.18 Å². The van der Waals surface area contributed by atoms with E-state index in [0.717, 1.165) is 41.5 Å². The third-order valence-corrected chi connectivity index (χ3v) is 7.05. The monoisotopic (exact) mass is 494 g/mol. The lowest BCUT2D eigenvalue weighted by Gasteiger charge is -2.44. The predicted molar refractivity (Wildman–Crippen MR) is 138 cm³/mol. The third-order valence-electron chi connectivity index (χ3n) is 7.05. The zero-order chi connectivity index (χ0) is 26.2. The lowest BCUT2D eigenvalue weighted by atomic mass is 9.79. The Morgan fingerprint density at radius 2 is 1.60 bits per heavy atom. The van der Waals surface area contributed by atoms with Crippen LogP contribution in [-0.4, -0.2) is 53.7 Å². The van der Waals surface area contributed by atoms with Gasteiger partial charge in [0.05, 0.1) is 7.11 Å². The first-order valence-corrected chi connectivity index (χ1v) is 12.9. The van der Waals surface area contributed by atoms with Crippen molar-refractivity contribution in [2.24, 2.45) is 5.92 Å². The Bertz CT molecular complexity index is 953. The predicted octanol–water partition coefficient (Wildman–Crippen LogP) is 7.22. The molecule has 2 aromatic carbocycles. The molecule has 1 heterocycles. The maximum Gasteiger partial charge on any atom is 0.417 e. The van der Waals surface area contributed by atoms with Crippen molar-refractivity contribution in [2.45, 2.75) is 84.0 Å². The Labute approximate surface area is 208 Å². The highest BCUT2D eigenvalue weighted by Gasteiger charge is 2.55. The van der Waals surface area contributed by atoms with E-state index in [1.54, 1.807) is 7.11 Å².